The molecule has 1 aliphatic heterocycles. The summed E-state index contributed by atoms with van der Waals surface area (Å²) in [6.45, 7) is 7.78. The van der Waals surface area contributed by atoms with E-state index in [1.54, 1.807) is 18.3 Å². The maximum atomic E-state index is 12.5. The number of anilines is 2. The fraction of sp³-hybridized carbons (Fsp3) is 0.350. The number of pyridine rings is 1. The van der Waals surface area contributed by atoms with Crippen molar-refractivity contribution in [3.63, 3.8) is 0 Å². The Kier molecular flexibility index (Phi) is 5.59. The summed E-state index contributed by atoms with van der Waals surface area (Å²) in [5, 5.41) is 5.74. The van der Waals surface area contributed by atoms with E-state index >= 15 is 0 Å². The molecular formula is C20H24N4O3. The first-order valence-corrected chi connectivity index (χ1v) is 9.10. The number of benzene rings is 1. The zero-order valence-electron chi connectivity index (χ0n) is 15.8. The summed E-state index contributed by atoms with van der Waals surface area (Å²) >= 11 is 0. The van der Waals surface area contributed by atoms with Crippen molar-refractivity contribution >= 4 is 23.3 Å². The van der Waals surface area contributed by atoms with Gasteiger partial charge in [-0.15, -0.1) is 0 Å². The monoisotopic (exact) mass is 368 g/mol. The van der Waals surface area contributed by atoms with Crippen molar-refractivity contribution < 1.29 is 14.3 Å². The molecule has 0 radical (unpaired) electrons. The van der Waals surface area contributed by atoms with Gasteiger partial charge in [-0.2, -0.15) is 0 Å². The molecule has 142 valence electrons. The first-order valence-electron chi connectivity index (χ1n) is 9.10. The maximum Gasteiger partial charge on any atom is 0.262 e. The highest BCUT2D eigenvalue weighted by Gasteiger charge is 2.18. The highest BCUT2D eigenvalue weighted by atomic mass is 16.5. The van der Waals surface area contributed by atoms with Gasteiger partial charge in [0.25, 0.3) is 11.8 Å². The molecule has 1 aromatic carbocycles. The molecule has 2 amide bonds. The molecule has 0 fully saturated rings. The molecule has 2 N–H and O–H groups in total. The highest BCUT2D eigenvalue weighted by molar-refractivity contribution is 5.96. The van der Waals surface area contributed by atoms with E-state index in [9.17, 15) is 9.59 Å². The second-order valence-electron chi connectivity index (χ2n) is 6.36. The van der Waals surface area contributed by atoms with Gasteiger partial charge in [0, 0.05) is 19.3 Å². The molecule has 7 nitrogen and oxygen atoms in total. The average Bonchev–Trinajstić information content (AvgIpc) is 2.68. The van der Waals surface area contributed by atoms with Crippen LogP contribution in [0, 0.1) is 0 Å². The Morgan fingerprint density at radius 3 is 2.74 bits per heavy atom. The number of nitrogens with one attached hydrogen (secondary N) is 2. The number of carbonyl (C=O) groups excluding carboxylic acids is 2. The van der Waals surface area contributed by atoms with Gasteiger partial charge in [0.05, 0.1) is 17.3 Å². The molecule has 0 bridgehead atoms. The van der Waals surface area contributed by atoms with Gasteiger partial charge in [-0.3, -0.25) is 9.59 Å². The number of aromatic nitrogens is 1. The third kappa shape index (κ3) is 4.19. The van der Waals surface area contributed by atoms with Crippen LogP contribution in [0.3, 0.4) is 0 Å². The summed E-state index contributed by atoms with van der Waals surface area (Å²) in [6, 6.07) is 8.90. The van der Waals surface area contributed by atoms with E-state index in [4.69, 9.17) is 4.74 Å². The Bertz CT molecular complexity index is 832. The van der Waals surface area contributed by atoms with Crippen molar-refractivity contribution in [2.75, 3.05) is 29.9 Å². The number of hydrogen-bond donors (Lipinski definition) is 2. The van der Waals surface area contributed by atoms with Crippen LogP contribution < -0.4 is 20.3 Å². The molecule has 3 rings (SSSR count). The third-order valence-electron chi connectivity index (χ3n) is 4.58. The smallest absolute Gasteiger partial charge is 0.262 e. The first kappa shape index (κ1) is 18.7. The molecule has 0 saturated heterocycles. The molecule has 7 heteroatoms. The Morgan fingerprint density at radius 1 is 1.30 bits per heavy atom. The van der Waals surface area contributed by atoms with Gasteiger partial charge < -0.3 is 20.3 Å². The van der Waals surface area contributed by atoms with Crippen molar-refractivity contribution in [2.45, 2.75) is 26.8 Å². The summed E-state index contributed by atoms with van der Waals surface area (Å²) < 4.78 is 5.36. The molecule has 0 aliphatic carbocycles. The number of fused-ring (bicyclic) bond motifs is 1. The lowest BCUT2D eigenvalue weighted by Crippen LogP contribution is -2.28. The fourth-order valence-electron chi connectivity index (χ4n) is 2.99. The summed E-state index contributed by atoms with van der Waals surface area (Å²) in [5.74, 6) is 1.11. The van der Waals surface area contributed by atoms with Crippen LogP contribution >= 0.6 is 0 Å². The van der Waals surface area contributed by atoms with E-state index < -0.39 is 0 Å². The molecule has 0 unspecified atom stereocenters. The van der Waals surface area contributed by atoms with Gasteiger partial charge in [0.1, 0.15) is 11.6 Å². The standard InChI is InChI=1S/C20H24N4O3/c1-4-24(5-2)18-9-7-15(11-21-18)20(26)22-13(3)14-6-8-17-16(10-14)23-19(25)12-27-17/h6-11,13H,4-5,12H2,1-3H3,(H,22,26)(H,23,25)/t13-/m0/s1. The molecule has 2 heterocycles. The van der Waals surface area contributed by atoms with Crippen LogP contribution in [0.1, 0.15) is 42.7 Å². The molecule has 0 spiro atoms. The second kappa shape index (κ2) is 8.07. The second-order valence-corrected chi connectivity index (χ2v) is 6.36. The maximum absolute atomic E-state index is 12.5. The summed E-state index contributed by atoms with van der Waals surface area (Å²) in [5.41, 5.74) is 2.00. The molecule has 1 atom stereocenters. The SMILES string of the molecule is CCN(CC)c1ccc(C(=O)N[C@@H](C)c2ccc3c(c2)NC(=O)CO3)cn1. The third-order valence-corrected chi connectivity index (χ3v) is 4.58. The van der Waals surface area contributed by atoms with Crippen LogP contribution in [0.25, 0.3) is 0 Å². The quantitative estimate of drug-likeness (QED) is 0.819. The van der Waals surface area contributed by atoms with Gasteiger partial charge in [0.2, 0.25) is 0 Å². The van der Waals surface area contributed by atoms with E-state index in [2.05, 4.69) is 34.4 Å². The number of rotatable bonds is 6. The van der Waals surface area contributed by atoms with Gasteiger partial charge in [-0.05, 0) is 50.6 Å². The zero-order chi connectivity index (χ0) is 19.4. The molecular weight excluding hydrogens is 344 g/mol. The Morgan fingerprint density at radius 2 is 2.07 bits per heavy atom. The summed E-state index contributed by atoms with van der Waals surface area (Å²) in [7, 11) is 0. The van der Waals surface area contributed by atoms with E-state index in [0.29, 0.717) is 17.0 Å². The molecule has 1 aliphatic rings. The Hall–Kier alpha value is -3.09. The predicted octanol–water partition coefficient (Wildman–Crippen LogP) is 2.75. The lowest BCUT2D eigenvalue weighted by Gasteiger charge is -2.21. The van der Waals surface area contributed by atoms with E-state index in [-0.39, 0.29) is 24.5 Å². The highest BCUT2D eigenvalue weighted by Crippen LogP contribution is 2.30. The van der Waals surface area contributed by atoms with Crippen molar-refractivity contribution in [3.05, 3.63) is 47.7 Å². The zero-order valence-corrected chi connectivity index (χ0v) is 15.8. The van der Waals surface area contributed by atoms with Crippen molar-refractivity contribution in [1.82, 2.24) is 10.3 Å². The minimum Gasteiger partial charge on any atom is -0.482 e. The van der Waals surface area contributed by atoms with Crippen molar-refractivity contribution in [1.29, 1.82) is 0 Å². The van der Waals surface area contributed by atoms with E-state index in [1.165, 1.54) is 0 Å². The number of nitrogens with zero attached hydrogens (tertiary/aromatic N) is 2. The largest absolute Gasteiger partial charge is 0.482 e. The van der Waals surface area contributed by atoms with Crippen LogP contribution in [0.2, 0.25) is 0 Å². The van der Waals surface area contributed by atoms with Gasteiger partial charge >= 0.3 is 0 Å². The molecule has 2 aromatic rings. The lowest BCUT2D eigenvalue weighted by atomic mass is 10.1. The van der Waals surface area contributed by atoms with Crippen molar-refractivity contribution in [3.8, 4) is 5.75 Å². The molecule has 0 saturated carbocycles. The number of ether oxygens (including phenoxy) is 1. The summed E-state index contributed by atoms with van der Waals surface area (Å²) in [6.07, 6.45) is 1.59. The van der Waals surface area contributed by atoms with E-state index in [0.717, 1.165) is 24.5 Å². The first-order chi connectivity index (χ1) is 13.0. The van der Waals surface area contributed by atoms with Crippen LogP contribution in [0.15, 0.2) is 36.5 Å². The minimum absolute atomic E-state index is 0.0229. The van der Waals surface area contributed by atoms with Crippen molar-refractivity contribution in [2.24, 2.45) is 0 Å². The van der Waals surface area contributed by atoms with Crippen LogP contribution in [0.5, 0.6) is 5.75 Å². The number of hydrogen-bond acceptors (Lipinski definition) is 5. The number of carbonyl (C=O) groups is 2. The normalized spacial score (nSPS) is 13.8. The van der Waals surface area contributed by atoms with Gasteiger partial charge in [0.15, 0.2) is 6.61 Å². The predicted molar refractivity (Wildman–Crippen MR) is 104 cm³/mol. The lowest BCUT2D eigenvalue weighted by molar-refractivity contribution is -0.118. The van der Waals surface area contributed by atoms with Crippen LogP contribution in [-0.2, 0) is 4.79 Å². The van der Waals surface area contributed by atoms with Gasteiger partial charge in [-0.25, -0.2) is 4.98 Å². The van der Waals surface area contributed by atoms with Crippen LogP contribution in [0.4, 0.5) is 11.5 Å². The molecule has 1 aromatic heterocycles. The minimum atomic E-state index is -0.232. The average molecular weight is 368 g/mol. The topological polar surface area (TPSA) is 83.6 Å². The van der Waals surface area contributed by atoms with Crippen LogP contribution in [-0.4, -0.2) is 36.5 Å². The Labute approximate surface area is 158 Å². The summed E-state index contributed by atoms with van der Waals surface area (Å²) in [4.78, 5) is 30.5. The fourth-order valence-corrected chi connectivity index (χ4v) is 2.99. The molecule has 27 heavy (non-hydrogen) atoms. The van der Waals surface area contributed by atoms with E-state index in [1.807, 2.05) is 25.1 Å². The Balaban J connectivity index is 1.69. The van der Waals surface area contributed by atoms with Gasteiger partial charge in [-0.1, -0.05) is 6.07 Å². The number of amides is 2.